The number of carbonyl (C=O) groups excluding carboxylic acids is 1. The minimum atomic E-state index is -0.320. The van der Waals surface area contributed by atoms with Crippen LogP contribution < -0.4 is 16.0 Å². The second kappa shape index (κ2) is 8.13. The van der Waals surface area contributed by atoms with Crippen LogP contribution in [0.1, 0.15) is 10.5 Å². The Balaban J connectivity index is 1.40. The highest BCUT2D eigenvalue weighted by atomic mass is 16.2. The maximum atomic E-state index is 12.1. The number of aryl methyl sites for hydroxylation is 1. The molecule has 144 valence electrons. The van der Waals surface area contributed by atoms with E-state index < -0.39 is 0 Å². The molecule has 0 radical (unpaired) electrons. The van der Waals surface area contributed by atoms with Crippen molar-refractivity contribution in [2.75, 3.05) is 16.0 Å². The summed E-state index contributed by atoms with van der Waals surface area (Å²) in [6.07, 6.45) is 4.72. The zero-order valence-corrected chi connectivity index (χ0v) is 15.4. The smallest absolute Gasteiger partial charge is 0.277 e. The Labute approximate surface area is 166 Å². The van der Waals surface area contributed by atoms with Crippen LogP contribution in [0.25, 0.3) is 0 Å². The van der Waals surface area contributed by atoms with Gasteiger partial charge in [-0.3, -0.25) is 9.48 Å². The minimum Gasteiger partial charge on any atom is -0.340 e. The molecule has 0 spiro atoms. The number of nitrogens with zero attached hydrogens (tertiary/aromatic N) is 6. The van der Waals surface area contributed by atoms with Crippen molar-refractivity contribution in [3.63, 3.8) is 0 Å². The van der Waals surface area contributed by atoms with Crippen LogP contribution in [0, 0.1) is 0 Å². The van der Waals surface area contributed by atoms with Crippen LogP contribution in [0.2, 0.25) is 0 Å². The van der Waals surface area contributed by atoms with E-state index in [2.05, 4.69) is 41.2 Å². The monoisotopic (exact) mass is 387 g/mol. The van der Waals surface area contributed by atoms with Crippen LogP contribution in [-0.2, 0) is 7.05 Å². The first kappa shape index (κ1) is 18.0. The number of amides is 1. The SMILES string of the molecule is Cn1cc(C(=O)Nc2ccc(Nc3cc(Nc4ccccn4)ncn3)cc2)nn1. The molecule has 0 fully saturated rings. The summed E-state index contributed by atoms with van der Waals surface area (Å²) in [6.45, 7) is 0. The highest BCUT2D eigenvalue weighted by Gasteiger charge is 2.10. The molecule has 0 unspecified atom stereocenters. The van der Waals surface area contributed by atoms with Crippen molar-refractivity contribution in [3.05, 3.63) is 72.9 Å². The molecule has 0 bridgehead atoms. The molecule has 1 aromatic carbocycles. The van der Waals surface area contributed by atoms with Crippen LogP contribution in [0.5, 0.6) is 0 Å². The molecule has 0 atom stereocenters. The number of rotatable bonds is 6. The summed E-state index contributed by atoms with van der Waals surface area (Å²) in [5.74, 6) is 1.61. The van der Waals surface area contributed by atoms with E-state index in [1.165, 1.54) is 11.0 Å². The Kier molecular flexibility index (Phi) is 5.06. The molecule has 1 amide bonds. The van der Waals surface area contributed by atoms with E-state index in [4.69, 9.17) is 0 Å². The molecule has 0 saturated heterocycles. The number of benzene rings is 1. The van der Waals surface area contributed by atoms with Crippen molar-refractivity contribution < 1.29 is 4.79 Å². The largest absolute Gasteiger partial charge is 0.340 e. The van der Waals surface area contributed by atoms with Crippen LogP contribution in [0.15, 0.2) is 67.3 Å². The van der Waals surface area contributed by atoms with Crippen molar-refractivity contribution in [2.24, 2.45) is 7.05 Å². The van der Waals surface area contributed by atoms with Crippen molar-refractivity contribution in [3.8, 4) is 0 Å². The van der Waals surface area contributed by atoms with Crippen LogP contribution >= 0.6 is 0 Å². The maximum Gasteiger partial charge on any atom is 0.277 e. The first-order chi connectivity index (χ1) is 14.2. The predicted molar refractivity (Wildman–Crippen MR) is 108 cm³/mol. The number of nitrogens with one attached hydrogen (secondary N) is 3. The quantitative estimate of drug-likeness (QED) is 0.462. The summed E-state index contributed by atoms with van der Waals surface area (Å²) in [4.78, 5) is 24.7. The number of carbonyl (C=O) groups is 1. The summed E-state index contributed by atoms with van der Waals surface area (Å²) in [6, 6.07) is 14.6. The summed E-state index contributed by atoms with van der Waals surface area (Å²) in [5.41, 5.74) is 1.71. The molecular formula is C19H17N9O. The van der Waals surface area contributed by atoms with Gasteiger partial charge in [-0.05, 0) is 36.4 Å². The minimum absolute atomic E-state index is 0.253. The first-order valence-electron chi connectivity index (χ1n) is 8.70. The molecule has 3 N–H and O–H groups in total. The molecule has 0 saturated carbocycles. The molecule has 10 nitrogen and oxygen atoms in total. The summed E-state index contributed by atoms with van der Waals surface area (Å²) in [5, 5.41) is 16.6. The van der Waals surface area contributed by atoms with Gasteiger partial charge in [0.05, 0.1) is 6.20 Å². The zero-order valence-electron chi connectivity index (χ0n) is 15.4. The number of aromatic nitrogens is 6. The second-order valence-electron chi connectivity index (χ2n) is 6.06. The van der Waals surface area contributed by atoms with E-state index in [-0.39, 0.29) is 11.6 Å². The lowest BCUT2D eigenvalue weighted by molar-refractivity contribution is 0.102. The van der Waals surface area contributed by atoms with E-state index in [1.54, 1.807) is 37.6 Å². The molecule has 3 aromatic heterocycles. The van der Waals surface area contributed by atoms with E-state index in [9.17, 15) is 4.79 Å². The Morgan fingerprint density at radius 3 is 2.34 bits per heavy atom. The van der Waals surface area contributed by atoms with Gasteiger partial charge in [-0.2, -0.15) is 0 Å². The third kappa shape index (κ3) is 4.69. The van der Waals surface area contributed by atoms with Gasteiger partial charge in [0.15, 0.2) is 5.69 Å². The zero-order chi connectivity index (χ0) is 20.1. The molecule has 0 aliphatic rings. The average Bonchev–Trinajstić information content (AvgIpc) is 3.17. The van der Waals surface area contributed by atoms with Gasteiger partial charge in [-0.15, -0.1) is 5.10 Å². The van der Waals surface area contributed by atoms with Crippen molar-refractivity contribution >= 4 is 34.7 Å². The first-order valence-corrected chi connectivity index (χ1v) is 8.70. The number of hydrogen-bond donors (Lipinski definition) is 3. The number of anilines is 5. The number of pyridine rings is 1. The summed E-state index contributed by atoms with van der Waals surface area (Å²) < 4.78 is 1.47. The second-order valence-corrected chi connectivity index (χ2v) is 6.06. The Morgan fingerprint density at radius 1 is 0.897 bits per heavy atom. The standard InChI is InChI=1S/C19H17N9O/c1-28-11-15(26-27-28)19(29)24-14-7-5-13(6-8-14)23-17-10-18(22-12-21-17)25-16-4-2-3-9-20-16/h2-12H,1H3,(H,24,29)(H2,20,21,22,23,25). The fourth-order valence-electron chi connectivity index (χ4n) is 2.49. The highest BCUT2D eigenvalue weighted by Crippen LogP contribution is 2.20. The Bertz CT molecular complexity index is 1110. The highest BCUT2D eigenvalue weighted by molar-refractivity contribution is 6.02. The van der Waals surface area contributed by atoms with Crippen molar-refractivity contribution in [1.82, 2.24) is 29.9 Å². The molecular weight excluding hydrogens is 370 g/mol. The topological polar surface area (TPSA) is 123 Å². The number of hydrogen-bond acceptors (Lipinski definition) is 8. The van der Waals surface area contributed by atoms with Gasteiger partial charge >= 0.3 is 0 Å². The molecule has 0 aliphatic heterocycles. The van der Waals surface area contributed by atoms with Gasteiger partial charge in [0.25, 0.3) is 5.91 Å². The Morgan fingerprint density at radius 2 is 1.66 bits per heavy atom. The van der Waals surface area contributed by atoms with E-state index in [0.29, 0.717) is 23.1 Å². The molecule has 10 heteroatoms. The lowest BCUT2D eigenvalue weighted by atomic mass is 10.2. The third-order valence-corrected chi connectivity index (χ3v) is 3.84. The van der Waals surface area contributed by atoms with Gasteiger partial charge in [0.2, 0.25) is 0 Å². The van der Waals surface area contributed by atoms with E-state index >= 15 is 0 Å². The molecule has 4 aromatic rings. The third-order valence-electron chi connectivity index (χ3n) is 3.84. The molecule has 0 aliphatic carbocycles. The lowest BCUT2D eigenvalue weighted by Crippen LogP contribution is -2.12. The van der Waals surface area contributed by atoms with Crippen LogP contribution in [0.3, 0.4) is 0 Å². The fourth-order valence-corrected chi connectivity index (χ4v) is 2.49. The van der Waals surface area contributed by atoms with Gasteiger partial charge in [0.1, 0.15) is 23.8 Å². The van der Waals surface area contributed by atoms with Gasteiger partial charge in [-0.1, -0.05) is 11.3 Å². The normalized spacial score (nSPS) is 10.4. The van der Waals surface area contributed by atoms with Crippen LogP contribution in [-0.4, -0.2) is 35.9 Å². The van der Waals surface area contributed by atoms with Crippen LogP contribution in [0.4, 0.5) is 28.8 Å². The van der Waals surface area contributed by atoms with E-state index in [1.807, 2.05) is 30.3 Å². The lowest BCUT2D eigenvalue weighted by Gasteiger charge is -2.09. The summed E-state index contributed by atoms with van der Waals surface area (Å²) in [7, 11) is 1.70. The molecule has 29 heavy (non-hydrogen) atoms. The predicted octanol–water partition coefficient (Wildman–Crippen LogP) is 2.74. The van der Waals surface area contributed by atoms with Gasteiger partial charge in [-0.25, -0.2) is 15.0 Å². The summed E-state index contributed by atoms with van der Waals surface area (Å²) >= 11 is 0. The van der Waals surface area contributed by atoms with Crippen molar-refractivity contribution in [1.29, 1.82) is 0 Å². The maximum absolute atomic E-state index is 12.1. The average molecular weight is 387 g/mol. The van der Waals surface area contributed by atoms with Gasteiger partial charge in [0, 0.05) is 30.7 Å². The Hall–Kier alpha value is -4.34. The van der Waals surface area contributed by atoms with Crippen molar-refractivity contribution in [2.45, 2.75) is 0 Å². The van der Waals surface area contributed by atoms with Gasteiger partial charge < -0.3 is 16.0 Å². The fraction of sp³-hybridized carbons (Fsp3) is 0.0526. The van der Waals surface area contributed by atoms with E-state index in [0.717, 1.165) is 5.69 Å². The molecule has 4 rings (SSSR count). The molecule has 3 heterocycles.